The molecule has 0 bridgehead atoms. The number of hydrogen-bond acceptors (Lipinski definition) is 7. The van der Waals surface area contributed by atoms with E-state index in [1.807, 2.05) is 50.4 Å². The molecule has 0 aliphatic carbocycles. The van der Waals surface area contributed by atoms with Gasteiger partial charge in [0.2, 0.25) is 11.8 Å². The molecule has 3 aromatic heterocycles. The van der Waals surface area contributed by atoms with E-state index in [1.165, 1.54) is 0 Å². The number of fused-ring (bicyclic) bond motifs is 2. The van der Waals surface area contributed by atoms with Crippen LogP contribution in [0.1, 0.15) is 44.0 Å². The molecular weight excluding hydrogens is 546 g/mol. The summed E-state index contributed by atoms with van der Waals surface area (Å²) in [5.74, 6) is 0.208. The summed E-state index contributed by atoms with van der Waals surface area (Å²) in [7, 11) is 1.70. The van der Waals surface area contributed by atoms with Gasteiger partial charge < -0.3 is 28.8 Å². The first-order valence-electron chi connectivity index (χ1n) is 14.7. The Morgan fingerprint density at radius 3 is 2.65 bits per heavy atom. The molecule has 2 amide bonds. The fourth-order valence-corrected chi connectivity index (χ4v) is 5.54. The summed E-state index contributed by atoms with van der Waals surface area (Å²) in [4.78, 5) is 46.5. The molecule has 1 aliphatic rings. The van der Waals surface area contributed by atoms with E-state index in [4.69, 9.17) is 9.15 Å². The summed E-state index contributed by atoms with van der Waals surface area (Å²) in [6.07, 6.45) is 6.64. The van der Waals surface area contributed by atoms with Crippen molar-refractivity contribution in [2.75, 3.05) is 36.5 Å². The molecule has 0 saturated carbocycles. The van der Waals surface area contributed by atoms with Crippen molar-refractivity contribution in [2.24, 2.45) is 5.41 Å². The minimum Gasteiger partial charge on any atom is -0.493 e. The Morgan fingerprint density at radius 1 is 1.05 bits per heavy atom. The Labute approximate surface area is 251 Å². The maximum absolute atomic E-state index is 13.1. The Morgan fingerprint density at radius 2 is 1.86 bits per heavy atom. The van der Waals surface area contributed by atoms with Crippen LogP contribution in [0.2, 0.25) is 0 Å². The third-order valence-corrected chi connectivity index (χ3v) is 8.01. The standard InChI is InChI=1S/C33H39N5O5/c1-6-38-27-9-8-25(19-28(27)36(5)31(40)33(3,4)32(38)41)42-16-7-13-34-20-23-10-14-35-24(18-23)11-15-37-21-22(2)26-12-17-43-29(26)30(37)39/h8-10,12,14,17-19,21,34H,6-7,11,13,15-16,20H2,1-5H3. The van der Waals surface area contributed by atoms with Crippen molar-refractivity contribution in [3.8, 4) is 5.75 Å². The zero-order valence-corrected chi connectivity index (χ0v) is 25.5. The van der Waals surface area contributed by atoms with Crippen molar-refractivity contribution >= 4 is 34.2 Å². The fraction of sp³-hybridized carbons (Fsp3) is 0.394. The zero-order valence-electron chi connectivity index (χ0n) is 25.5. The number of hydrogen-bond donors (Lipinski definition) is 1. The first kappa shape index (κ1) is 30.0. The van der Waals surface area contributed by atoms with Crippen LogP contribution in [0.3, 0.4) is 0 Å². The van der Waals surface area contributed by atoms with Crippen molar-refractivity contribution in [1.82, 2.24) is 14.9 Å². The van der Waals surface area contributed by atoms with Gasteiger partial charge in [0.1, 0.15) is 11.2 Å². The van der Waals surface area contributed by atoms with Crippen molar-refractivity contribution in [2.45, 2.75) is 53.6 Å². The first-order chi connectivity index (χ1) is 20.6. The molecule has 0 saturated heterocycles. The van der Waals surface area contributed by atoms with E-state index in [-0.39, 0.29) is 17.4 Å². The third-order valence-electron chi connectivity index (χ3n) is 8.01. The highest BCUT2D eigenvalue weighted by atomic mass is 16.5. The number of benzene rings is 1. The van der Waals surface area contributed by atoms with Crippen molar-refractivity contribution in [3.05, 3.63) is 82.2 Å². The number of ether oxygens (including phenoxy) is 1. The van der Waals surface area contributed by atoms with Gasteiger partial charge in [-0.15, -0.1) is 0 Å². The second-order valence-electron chi connectivity index (χ2n) is 11.4. The van der Waals surface area contributed by atoms with Gasteiger partial charge in [-0.25, -0.2) is 0 Å². The number of carbonyl (C=O) groups excluding carboxylic acids is 2. The maximum atomic E-state index is 13.1. The Bertz CT molecular complexity index is 1710. The fourth-order valence-electron chi connectivity index (χ4n) is 5.54. The lowest BCUT2D eigenvalue weighted by Crippen LogP contribution is -2.47. The van der Waals surface area contributed by atoms with Gasteiger partial charge in [0.25, 0.3) is 5.56 Å². The number of carbonyl (C=O) groups is 2. The summed E-state index contributed by atoms with van der Waals surface area (Å²) < 4.78 is 13.1. The number of furan rings is 1. The number of pyridine rings is 2. The van der Waals surface area contributed by atoms with Crippen molar-refractivity contribution < 1.29 is 18.7 Å². The second-order valence-corrected chi connectivity index (χ2v) is 11.4. The summed E-state index contributed by atoms with van der Waals surface area (Å²) in [6.45, 7) is 10.2. The minimum absolute atomic E-state index is 0.126. The van der Waals surface area contributed by atoms with E-state index in [1.54, 1.807) is 47.7 Å². The highest BCUT2D eigenvalue weighted by molar-refractivity contribution is 6.20. The molecule has 0 atom stereocenters. The van der Waals surface area contributed by atoms with Gasteiger partial charge in [0, 0.05) is 62.6 Å². The van der Waals surface area contributed by atoms with Crippen molar-refractivity contribution in [1.29, 1.82) is 0 Å². The average Bonchev–Trinajstić information content (AvgIpc) is 3.50. The number of amides is 2. The lowest BCUT2D eigenvalue weighted by Gasteiger charge is -2.27. The molecule has 0 spiro atoms. The molecule has 10 heteroatoms. The lowest BCUT2D eigenvalue weighted by molar-refractivity contribution is -0.137. The van der Waals surface area contributed by atoms with Gasteiger partial charge >= 0.3 is 0 Å². The van der Waals surface area contributed by atoms with Gasteiger partial charge in [-0.2, -0.15) is 0 Å². The molecule has 4 aromatic rings. The molecule has 0 unspecified atom stereocenters. The van der Waals surface area contributed by atoms with Gasteiger partial charge in [-0.1, -0.05) is 0 Å². The van der Waals surface area contributed by atoms with E-state index in [0.717, 1.165) is 35.2 Å². The smallest absolute Gasteiger partial charge is 0.294 e. The molecule has 4 heterocycles. The summed E-state index contributed by atoms with van der Waals surface area (Å²) >= 11 is 0. The zero-order chi connectivity index (χ0) is 30.7. The molecule has 1 aromatic carbocycles. The minimum atomic E-state index is -1.14. The van der Waals surface area contributed by atoms with Crippen LogP contribution in [0.25, 0.3) is 11.0 Å². The second kappa shape index (κ2) is 12.4. The van der Waals surface area contributed by atoms with Crippen LogP contribution in [0.4, 0.5) is 11.4 Å². The van der Waals surface area contributed by atoms with Crippen LogP contribution >= 0.6 is 0 Å². The quantitative estimate of drug-likeness (QED) is 0.205. The normalized spacial score (nSPS) is 14.7. The van der Waals surface area contributed by atoms with E-state index in [0.29, 0.717) is 55.4 Å². The topological polar surface area (TPSA) is 110 Å². The van der Waals surface area contributed by atoms with E-state index >= 15 is 0 Å². The van der Waals surface area contributed by atoms with Crippen LogP contribution in [0, 0.1) is 12.3 Å². The number of rotatable bonds is 11. The number of aromatic nitrogens is 2. The molecule has 10 nitrogen and oxygen atoms in total. The molecule has 5 rings (SSSR count). The highest BCUT2D eigenvalue weighted by Gasteiger charge is 2.45. The van der Waals surface area contributed by atoms with Crippen LogP contribution in [0.15, 0.2) is 64.3 Å². The predicted molar refractivity (Wildman–Crippen MR) is 167 cm³/mol. The summed E-state index contributed by atoms with van der Waals surface area (Å²) in [6, 6.07) is 11.4. The molecule has 1 N–H and O–H groups in total. The van der Waals surface area contributed by atoms with Gasteiger partial charge in [-0.3, -0.25) is 19.4 Å². The van der Waals surface area contributed by atoms with Crippen LogP contribution in [0.5, 0.6) is 5.75 Å². The van der Waals surface area contributed by atoms with E-state index in [2.05, 4.69) is 16.4 Å². The van der Waals surface area contributed by atoms with Gasteiger partial charge in [0.05, 0.1) is 24.2 Å². The lowest BCUT2D eigenvalue weighted by atomic mass is 9.90. The number of nitrogens with zero attached hydrogens (tertiary/aromatic N) is 4. The Kier molecular flexibility index (Phi) is 8.68. The first-order valence-corrected chi connectivity index (χ1v) is 14.7. The van der Waals surface area contributed by atoms with Gasteiger partial charge in [0.15, 0.2) is 5.58 Å². The summed E-state index contributed by atoms with van der Waals surface area (Å²) in [5.41, 5.74) is 3.54. The van der Waals surface area contributed by atoms with Gasteiger partial charge in [-0.05, 0) is 82.1 Å². The van der Waals surface area contributed by atoms with Crippen molar-refractivity contribution in [3.63, 3.8) is 0 Å². The highest BCUT2D eigenvalue weighted by Crippen LogP contribution is 2.40. The van der Waals surface area contributed by atoms with Crippen LogP contribution < -0.4 is 25.4 Å². The Balaban J connectivity index is 1.11. The molecule has 43 heavy (non-hydrogen) atoms. The SMILES string of the molecule is CCN1C(=O)C(C)(C)C(=O)N(C)c2cc(OCCCNCc3ccnc(CCn4cc(C)c5ccoc5c4=O)c3)ccc21. The number of aryl methyl sites for hydroxylation is 3. The van der Waals surface area contributed by atoms with E-state index < -0.39 is 5.41 Å². The monoisotopic (exact) mass is 585 g/mol. The number of nitrogens with one attached hydrogen (secondary N) is 1. The molecule has 1 aliphatic heterocycles. The maximum Gasteiger partial charge on any atom is 0.294 e. The molecule has 226 valence electrons. The third kappa shape index (κ3) is 6.06. The molecular formula is C33H39N5O5. The van der Waals surface area contributed by atoms with Crippen LogP contribution in [-0.2, 0) is 29.1 Å². The molecule has 0 radical (unpaired) electrons. The Hall–Kier alpha value is -4.44. The van der Waals surface area contributed by atoms with Crippen LogP contribution in [-0.4, -0.2) is 48.1 Å². The summed E-state index contributed by atoms with van der Waals surface area (Å²) in [5, 5.41) is 4.30. The largest absolute Gasteiger partial charge is 0.493 e. The molecule has 0 fully saturated rings. The average molecular weight is 586 g/mol. The predicted octanol–water partition coefficient (Wildman–Crippen LogP) is 4.45. The van der Waals surface area contributed by atoms with E-state index in [9.17, 15) is 14.4 Å². The number of anilines is 2.